The van der Waals surface area contributed by atoms with Gasteiger partial charge in [-0.1, -0.05) is 6.92 Å². The molecule has 6 heteroatoms. The number of aliphatic hydroxyl groups is 3. The number of aliphatic hydroxyl groups excluding tert-OH is 3. The fraction of sp³-hybridized carbons (Fsp3) is 1.00. The average Bonchev–Trinajstić information content (AvgIpc) is 2.29. The van der Waals surface area contributed by atoms with Gasteiger partial charge in [-0.05, 0) is 0 Å². The van der Waals surface area contributed by atoms with E-state index >= 15 is 0 Å². The summed E-state index contributed by atoms with van der Waals surface area (Å²) >= 11 is 0. The fourth-order valence-corrected chi connectivity index (χ4v) is 1.03. The number of hydrogen-bond acceptors (Lipinski definition) is 6. The summed E-state index contributed by atoms with van der Waals surface area (Å²) in [6.07, 6.45) is 0.396. The van der Waals surface area contributed by atoms with Crippen molar-refractivity contribution in [2.24, 2.45) is 0 Å². The molecule has 6 nitrogen and oxygen atoms in total. The zero-order valence-corrected chi connectivity index (χ0v) is 9.02. The molecule has 0 aromatic rings. The van der Waals surface area contributed by atoms with Gasteiger partial charge < -0.3 is 29.5 Å². The molecular weight excluding hydrogens is 204 g/mol. The Labute approximate surface area is 89.4 Å². The second-order valence-electron chi connectivity index (χ2n) is 2.75. The monoisotopic (exact) mass is 224 g/mol. The van der Waals surface area contributed by atoms with Crippen LogP contribution in [0.25, 0.3) is 0 Å². The quantitative estimate of drug-likeness (QED) is 0.416. The van der Waals surface area contributed by atoms with E-state index in [9.17, 15) is 0 Å². The first-order valence-electron chi connectivity index (χ1n) is 4.99. The molecule has 3 N–H and O–H groups in total. The summed E-state index contributed by atoms with van der Waals surface area (Å²) < 4.78 is 15.6. The van der Waals surface area contributed by atoms with Crippen molar-refractivity contribution in [2.45, 2.75) is 19.3 Å². The van der Waals surface area contributed by atoms with E-state index in [1.165, 1.54) is 0 Å². The number of ether oxygens (including phenoxy) is 3. The topological polar surface area (TPSA) is 88.4 Å². The zero-order chi connectivity index (χ0) is 11.6. The molecule has 0 saturated heterocycles. The Morgan fingerprint density at radius 1 is 0.800 bits per heavy atom. The van der Waals surface area contributed by atoms with Crippen LogP contribution < -0.4 is 0 Å². The van der Waals surface area contributed by atoms with Gasteiger partial charge >= 0.3 is 0 Å². The highest BCUT2D eigenvalue weighted by molar-refractivity contribution is 4.55. The predicted octanol–water partition coefficient (Wildman–Crippen LogP) is -0.923. The minimum atomic E-state index is -1.28. The van der Waals surface area contributed by atoms with Crippen molar-refractivity contribution in [3.63, 3.8) is 0 Å². The van der Waals surface area contributed by atoms with Crippen molar-refractivity contribution in [2.75, 3.05) is 39.6 Å². The minimum absolute atomic E-state index is 0.0741. The van der Waals surface area contributed by atoms with Gasteiger partial charge in [0.05, 0.1) is 39.6 Å². The third-order valence-electron chi connectivity index (χ3n) is 1.67. The van der Waals surface area contributed by atoms with Crippen LogP contribution in [0.5, 0.6) is 0 Å². The number of hydrogen-bond donors (Lipinski definition) is 3. The maximum Gasteiger partial charge on any atom is 0.282 e. The molecule has 0 amide bonds. The van der Waals surface area contributed by atoms with E-state index in [1.807, 2.05) is 0 Å². The zero-order valence-electron chi connectivity index (χ0n) is 9.02. The van der Waals surface area contributed by atoms with Gasteiger partial charge in [0.15, 0.2) is 0 Å². The van der Waals surface area contributed by atoms with Crippen LogP contribution >= 0.6 is 0 Å². The van der Waals surface area contributed by atoms with Crippen LogP contribution in [0.2, 0.25) is 0 Å². The molecule has 0 atom stereocenters. The van der Waals surface area contributed by atoms with Gasteiger partial charge in [0.2, 0.25) is 0 Å². The molecule has 0 fully saturated rings. The van der Waals surface area contributed by atoms with E-state index in [2.05, 4.69) is 0 Å². The first kappa shape index (κ1) is 14.8. The molecule has 0 aliphatic carbocycles. The van der Waals surface area contributed by atoms with Crippen LogP contribution in [0.1, 0.15) is 13.3 Å². The highest BCUT2D eigenvalue weighted by Gasteiger charge is 2.31. The minimum Gasteiger partial charge on any atom is -0.394 e. The van der Waals surface area contributed by atoms with Crippen LogP contribution in [0.4, 0.5) is 0 Å². The molecule has 0 radical (unpaired) electrons. The number of rotatable bonds is 10. The van der Waals surface area contributed by atoms with E-state index in [0.29, 0.717) is 6.42 Å². The molecule has 0 aromatic carbocycles. The lowest BCUT2D eigenvalue weighted by Gasteiger charge is -2.31. The van der Waals surface area contributed by atoms with Gasteiger partial charge in [-0.2, -0.15) is 0 Å². The normalized spacial score (nSPS) is 12.0. The average molecular weight is 224 g/mol. The van der Waals surface area contributed by atoms with E-state index in [0.717, 1.165) is 0 Å². The summed E-state index contributed by atoms with van der Waals surface area (Å²) in [5, 5.41) is 25.9. The maximum absolute atomic E-state index is 8.64. The van der Waals surface area contributed by atoms with Crippen LogP contribution in [0, 0.1) is 0 Å². The molecule has 0 aromatic heterocycles. The molecule has 0 aliphatic heterocycles. The molecule has 0 spiro atoms. The summed E-state index contributed by atoms with van der Waals surface area (Å²) in [5.74, 6) is -1.28. The Balaban J connectivity index is 4.16. The molecule has 0 unspecified atom stereocenters. The summed E-state index contributed by atoms with van der Waals surface area (Å²) in [4.78, 5) is 0. The molecule has 0 saturated carbocycles. The summed E-state index contributed by atoms with van der Waals surface area (Å²) in [5.41, 5.74) is 0. The molecule has 0 bridgehead atoms. The van der Waals surface area contributed by atoms with E-state index in [-0.39, 0.29) is 39.6 Å². The second-order valence-corrected chi connectivity index (χ2v) is 2.75. The third kappa shape index (κ3) is 6.03. The predicted molar refractivity (Wildman–Crippen MR) is 52.1 cm³/mol. The Morgan fingerprint density at radius 3 is 1.33 bits per heavy atom. The van der Waals surface area contributed by atoms with Crippen LogP contribution in [0.15, 0.2) is 0 Å². The molecular formula is C9H20O6. The summed E-state index contributed by atoms with van der Waals surface area (Å²) in [6.45, 7) is 1.57. The molecule has 92 valence electrons. The van der Waals surface area contributed by atoms with Crippen molar-refractivity contribution >= 4 is 0 Å². The summed E-state index contributed by atoms with van der Waals surface area (Å²) in [7, 11) is 0. The fourth-order valence-electron chi connectivity index (χ4n) is 1.03. The van der Waals surface area contributed by atoms with Crippen molar-refractivity contribution in [1.29, 1.82) is 0 Å². The van der Waals surface area contributed by atoms with Crippen molar-refractivity contribution in [3.8, 4) is 0 Å². The van der Waals surface area contributed by atoms with Gasteiger partial charge in [0, 0.05) is 6.42 Å². The Morgan fingerprint density at radius 2 is 1.13 bits per heavy atom. The lowest BCUT2D eigenvalue weighted by Crippen LogP contribution is -2.41. The van der Waals surface area contributed by atoms with Crippen LogP contribution in [0.3, 0.4) is 0 Å². The standard InChI is InChI=1S/C9H20O6/c1-2-9(13-6-3-10,14-7-4-11)15-8-5-12/h10-12H,2-8H2,1H3. The highest BCUT2D eigenvalue weighted by Crippen LogP contribution is 2.19. The molecule has 15 heavy (non-hydrogen) atoms. The third-order valence-corrected chi connectivity index (χ3v) is 1.67. The van der Waals surface area contributed by atoms with Gasteiger partial charge in [-0.15, -0.1) is 0 Å². The van der Waals surface area contributed by atoms with Crippen molar-refractivity contribution in [1.82, 2.24) is 0 Å². The lowest BCUT2D eigenvalue weighted by molar-refractivity contribution is -0.385. The van der Waals surface area contributed by atoms with E-state index in [4.69, 9.17) is 29.5 Å². The van der Waals surface area contributed by atoms with Crippen LogP contribution in [-0.2, 0) is 14.2 Å². The largest absolute Gasteiger partial charge is 0.394 e. The van der Waals surface area contributed by atoms with Gasteiger partial charge in [-0.25, -0.2) is 0 Å². The Hall–Kier alpha value is -0.240. The van der Waals surface area contributed by atoms with Gasteiger partial charge in [0.1, 0.15) is 0 Å². The van der Waals surface area contributed by atoms with E-state index < -0.39 is 5.97 Å². The van der Waals surface area contributed by atoms with Crippen molar-refractivity contribution < 1.29 is 29.5 Å². The van der Waals surface area contributed by atoms with Gasteiger partial charge in [0.25, 0.3) is 5.97 Å². The lowest BCUT2D eigenvalue weighted by atomic mass is 10.4. The maximum atomic E-state index is 8.64. The van der Waals surface area contributed by atoms with Crippen molar-refractivity contribution in [3.05, 3.63) is 0 Å². The molecule has 0 aliphatic rings. The summed E-state index contributed by atoms with van der Waals surface area (Å²) in [6, 6.07) is 0. The SMILES string of the molecule is CCC(OCCO)(OCCO)OCCO. The highest BCUT2D eigenvalue weighted by atomic mass is 16.9. The first-order chi connectivity index (χ1) is 7.24. The first-order valence-corrected chi connectivity index (χ1v) is 4.99. The van der Waals surface area contributed by atoms with Crippen LogP contribution in [-0.4, -0.2) is 60.9 Å². The smallest absolute Gasteiger partial charge is 0.282 e. The Kier molecular flexibility index (Phi) is 8.88. The second kappa shape index (κ2) is 9.02. The molecule has 0 rings (SSSR count). The molecule has 0 heterocycles. The van der Waals surface area contributed by atoms with E-state index in [1.54, 1.807) is 6.92 Å². The van der Waals surface area contributed by atoms with Gasteiger partial charge in [-0.3, -0.25) is 0 Å². The Bertz CT molecular complexity index is 119.